The molecule has 6 nitrogen and oxygen atoms in total. The van der Waals surface area contributed by atoms with E-state index in [1.54, 1.807) is 17.7 Å². The fourth-order valence-electron chi connectivity index (χ4n) is 2.44. The van der Waals surface area contributed by atoms with Crippen LogP contribution in [0, 0.1) is 6.92 Å². The molecule has 7 heteroatoms. The fraction of sp³-hybridized carbons (Fsp3) is 0.312. The summed E-state index contributed by atoms with van der Waals surface area (Å²) in [6, 6.07) is 9.25. The number of amides is 2. The molecule has 1 atom stereocenters. The van der Waals surface area contributed by atoms with Crippen LogP contribution >= 0.6 is 11.8 Å². The van der Waals surface area contributed by atoms with Crippen LogP contribution in [0.15, 0.2) is 35.2 Å². The Hall–Kier alpha value is -2.28. The van der Waals surface area contributed by atoms with E-state index >= 15 is 0 Å². The molecule has 0 fully saturated rings. The van der Waals surface area contributed by atoms with Crippen LogP contribution in [-0.2, 0) is 16.1 Å². The number of nitrogens with one attached hydrogen (secondary N) is 2. The summed E-state index contributed by atoms with van der Waals surface area (Å²) in [6.45, 7) is 6.09. The smallest absolute Gasteiger partial charge is 0.251 e. The van der Waals surface area contributed by atoms with Gasteiger partial charge in [0, 0.05) is 17.5 Å². The summed E-state index contributed by atoms with van der Waals surface area (Å²) in [5, 5.41) is 9.94. The lowest BCUT2D eigenvalue weighted by Gasteiger charge is -2.31. The summed E-state index contributed by atoms with van der Waals surface area (Å²) in [5.74, 6) is -0.0782. The lowest BCUT2D eigenvalue weighted by atomic mass is 10.1. The maximum Gasteiger partial charge on any atom is 0.251 e. The molecule has 1 aliphatic heterocycles. The van der Waals surface area contributed by atoms with Crippen LogP contribution in [0.1, 0.15) is 19.5 Å². The molecule has 3 rings (SSSR count). The Kier molecular flexibility index (Phi) is 3.89. The Morgan fingerprint density at radius 2 is 2.17 bits per heavy atom. The van der Waals surface area contributed by atoms with E-state index in [0.717, 1.165) is 16.3 Å². The number of hydrogen-bond acceptors (Lipinski definition) is 4. The van der Waals surface area contributed by atoms with Crippen molar-refractivity contribution in [1.82, 2.24) is 9.78 Å². The highest BCUT2D eigenvalue weighted by Gasteiger charge is 2.46. The normalized spacial score (nSPS) is 19.9. The first-order valence-electron chi connectivity index (χ1n) is 7.39. The van der Waals surface area contributed by atoms with Crippen molar-refractivity contribution < 1.29 is 9.59 Å². The Labute approximate surface area is 138 Å². The number of rotatable bonds is 3. The minimum absolute atomic E-state index is 0.321. The van der Waals surface area contributed by atoms with Gasteiger partial charge in [0.15, 0.2) is 4.75 Å². The maximum atomic E-state index is 12.8. The van der Waals surface area contributed by atoms with Gasteiger partial charge >= 0.3 is 0 Å². The molecule has 0 radical (unpaired) electrons. The fourth-order valence-corrected chi connectivity index (χ4v) is 3.54. The molecule has 2 amide bonds. The zero-order valence-electron chi connectivity index (χ0n) is 13.2. The molecule has 1 unspecified atom stereocenters. The van der Waals surface area contributed by atoms with Gasteiger partial charge in [-0.05, 0) is 32.9 Å². The monoisotopic (exact) mass is 330 g/mol. The van der Waals surface area contributed by atoms with Crippen LogP contribution in [0.4, 0.5) is 11.5 Å². The largest absolute Gasteiger partial charge is 0.323 e. The Morgan fingerprint density at radius 1 is 1.43 bits per heavy atom. The SMILES string of the molecule is CCn1nc(C)cc1NC(=O)C1(C)Sc2ccccc2NC1=O. The molecule has 23 heavy (non-hydrogen) atoms. The number of hydrogen-bond donors (Lipinski definition) is 2. The molecule has 1 aliphatic rings. The molecule has 2 N–H and O–H groups in total. The van der Waals surface area contributed by atoms with E-state index in [-0.39, 0.29) is 11.8 Å². The molecule has 1 aromatic heterocycles. The summed E-state index contributed by atoms with van der Waals surface area (Å²) in [5.41, 5.74) is 1.56. The van der Waals surface area contributed by atoms with Crippen molar-refractivity contribution in [3.63, 3.8) is 0 Å². The summed E-state index contributed by atoms with van der Waals surface area (Å²) >= 11 is 1.26. The third-order valence-electron chi connectivity index (χ3n) is 3.76. The highest BCUT2D eigenvalue weighted by Crippen LogP contribution is 2.42. The Morgan fingerprint density at radius 3 is 2.91 bits per heavy atom. The lowest BCUT2D eigenvalue weighted by molar-refractivity contribution is -0.126. The van der Waals surface area contributed by atoms with E-state index in [4.69, 9.17) is 0 Å². The van der Waals surface area contributed by atoms with Crippen molar-refractivity contribution in [2.45, 2.75) is 37.0 Å². The van der Waals surface area contributed by atoms with Gasteiger partial charge in [-0.15, -0.1) is 0 Å². The summed E-state index contributed by atoms with van der Waals surface area (Å²) in [7, 11) is 0. The van der Waals surface area contributed by atoms with Crippen molar-refractivity contribution in [2.75, 3.05) is 10.6 Å². The number of aromatic nitrogens is 2. The Bertz CT molecular complexity index is 786. The number of para-hydroxylation sites is 1. The van der Waals surface area contributed by atoms with Crippen molar-refractivity contribution in [3.8, 4) is 0 Å². The van der Waals surface area contributed by atoms with Gasteiger partial charge in [0.25, 0.3) is 5.91 Å². The van der Waals surface area contributed by atoms with Crippen molar-refractivity contribution >= 4 is 35.1 Å². The van der Waals surface area contributed by atoms with E-state index in [0.29, 0.717) is 12.4 Å². The highest BCUT2D eigenvalue weighted by molar-refractivity contribution is 8.02. The molecule has 120 valence electrons. The second-order valence-electron chi connectivity index (χ2n) is 5.53. The van der Waals surface area contributed by atoms with Gasteiger partial charge in [-0.1, -0.05) is 23.9 Å². The van der Waals surface area contributed by atoms with E-state index in [9.17, 15) is 9.59 Å². The first-order chi connectivity index (χ1) is 10.9. The molecule has 1 aromatic carbocycles. The number of anilines is 2. The quantitative estimate of drug-likeness (QED) is 0.848. The second kappa shape index (κ2) is 5.73. The zero-order valence-corrected chi connectivity index (χ0v) is 14.0. The third-order valence-corrected chi connectivity index (χ3v) is 5.11. The number of fused-ring (bicyclic) bond motifs is 1. The third kappa shape index (κ3) is 2.72. The van der Waals surface area contributed by atoms with Gasteiger partial charge in [0.1, 0.15) is 5.82 Å². The van der Waals surface area contributed by atoms with Gasteiger partial charge < -0.3 is 10.6 Å². The molecule has 2 heterocycles. The molecule has 0 spiro atoms. The first-order valence-corrected chi connectivity index (χ1v) is 8.21. The van der Waals surface area contributed by atoms with E-state index in [1.807, 2.05) is 38.1 Å². The number of carbonyl (C=O) groups excluding carboxylic acids is 2. The van der Waals surface area contributed by atoms with Crippen LogP contribution in [0.3, 0.4) is 0 Å². The van der Waals surface area contributed by atoms with Crippen molar-refractivity contribution in [2.24, 2.45) is 0 Å². The van der Waals surface area contributed by atoms with E-state index < -0.39 is 4.75 Å². The molecular weight excluding hydrogens is 312 g/mol. The summed E-state index contributed by atoms with van der Waals surface area (Å²) in [6.07, 6.45) is 0. The number of thioether (sulfide) groups is 1. The van der Waals surface area contributed by atoms with E-state index in [2.05, 4.69) is 15.7 Å². The van der Waals surface area contributed by atoms with Gasteiger partial charge in [-0.3, -0.25) is 9.59 Å². The summed E-state index contributed by atoms with van der Waals surface area (Å²) in [4.78, 5) is 26.1. The number of aryl methyl sites for hydroxylation is 2. The van der Waals surface area contributed by atoms with Gasteiger partial charge in [-0.2, -0.15) is 5.10 Å². The average Bonchev–Trinajstić information content (AvgIpc) is 2.88. The Balaban J connectivity index is 1.88. The topological polar surface area (TPSA) is 76.0 Å². The van der Waals surface area contributed by atoms with Crippen LogP contribution in [0.5, 0.6) is 0 Å². The van der Waals surface area contributed by atoms with Crippen molar-refractivity contribution in [3.05, 3.63) is 36.0 Å². The first kappa shape index (κ1) is 15.6. The maximum absolute atomic E-state index is 12.8. The highest BCUT2D eigenvalue weighted by atomic mass is 32.2. The van der Waals surface area contributed by atoms with Gasteiger partial charge in [0.05, 0.1) is 11.4 Å². The van der Waals surface area contributed by atoms with Crippen LogP contribution < -0.4 is 10.6 Å². The predicted molar refractivity (Wildman–Crippen MR) is 90.6 cm³/mol. The second-order valence-corrected chi connectivity index (χ2v) is 6.99. The predicted octanol–water partition coefficient (Wildman–Crippen LogP) is 2.65. The standard InChI is InChI=1S/C16H18N4O2S/c1-4-20-13(9-10(2)19-20)18-15(22)16(3)14(21)17-11-7-5-6-8-12(11)23-16/h5-9H,4H2,1-3H3,(H,17,21)(H,18,22). The molecule has 0 saturated carbocycles. The number of benzene rings is 1. The van der Waals surface area contributed by atoms with Gasteiger partial charge in [-0.25, -0.2) is 4.68 Å². The zero-order chi connectivity index (χ0) is 16.6. The lowest BCUT2D eigenvalue weighted by Crippen LogP contribution is -2.49. The van der Waals surface area contributed by atoms with Crippen LogP contribution in [0.2, 0.25) is 0 Å². The summed E-state index contributed by atoms with van der Waals surface area (Å²) < 4.78 is 0.473. The molecular formula is C16H18N4O2S. The minimum atomic E-state index is -1.23. The number of nitrogens with zero attached hydrogens (tertiary/aromatic N) is 2. The van der Waals surface area contributed by atoms with Crippen molar-refractivity contribution in [1.29, 1.82) is 0 Å². The average molecular weight is 330 g/mol. The van der Waals surface area contributed by atoms with Crippen LogP contribution in [-0.4, -0.2) is 26.3 Å². The number of carbonyl (C=O) groups is 2. The molecule has 0 aliphatic carbocycles. The van der Waals surface area contributed by atoms with E-state index in [1.165, 1.54) is 11.8 Å². The van der Waals surface area contributed by atoms with Gasteiger partial charge in [0.2, 0.25) is 5.91 Å². The molecule has 0 bridgehead atoms. The molecule has 2 aromatic rings. The minimum Gasteiger partial charge on any atom is -0.323 e. The van der Waals surface area contributed by atoms with Crippen LogP contribution in [0.25, 0.3) is 0 Å². The molecule has 0 saturated heterocycles.